The van der Waals surface area contributed by atoms with Crippen molar-refractivity contribution in [2.45, 2.75) is 26.3 Å². The molecule has 0 bridgehead atoms. The first kappa shape index (κ1) is 14.4. The van der Waals surface area contributed by atoms with Gasteiger partial charge in [0.2, 0.25) is 6.41 Å². The van der Waals surface area contributed by atoms with E-state index in [0.29, 0.717) is 0 Å². The molecule has 0 aliphatic carbocycles. The average molecular weight is 215 g/mol. The number of nitrogens with one attached hydrogen (secondary N) is 1. The average Bonchev–Trinajstić information content (AvgIpc) is 2.74. The van der Waals surface area contributed by atoms with Gasteiger partial charge in [-0.1, -0.05) is 0 Å². The molecule has 0 spiro atoms. The van der Waals surface area contributed by atoms with E-state index in [1.54, 1.807) is 4.90 Å². The van der Waals surface area contributed by atoms with E-state index in [2.05, 4.69) is 24.3 Å². The minimum absolute atomic E-state index is 0.787. The Hall–Kier alpha value is -0.610. The Morgan fingerprint density at radius 1 is 1.33 bits per heavy atom. The summed E-state index contributed by atoms with van der Waals surface area (Å²) in [4.78, 5) is 13.9. The Balaban J connectivity index is 0.000000265. The fourth-order valence-corrected chi connectivity index (χ4v) is 1.45. The van der Waals surface area contributed by atoms with Crippen LogP contribution in [-0.4, -0.2) is 62.5 Å². The number of nitrogens with zero attached hydrogens (tertiary/aromatic N) is 2. The van der Waals surface area contributed by atoms with Crippen LogP contribution in [0.3, 0.4) is 0 Å². The Morgan fingerprint density at radius 2 is 1.93 bits per heavy atom. The Morgan fingerprint density at radius 3 is 2.07 bits per heavy atom. The third kappa shape index (κ3) is 6.47. The molecule has 1 N–H and O–H groups in total. The van der Waals surface area contributed by atoms with Crippen molar-refractivity contribution < 1.29 is 4.79 Å². The summed E-state index contributed by atoms with van der Waals surface area (Å²) in [6.45, 7) is 7.92. The highest BCUT2D eigenvalue weighted by Gasteiger charge is 2.14. The fourth-order valence-electron chi connectivity index (χ4n) is 1.45. The van der Waals surface area contributed by atoms with Crippen LogP contribution in [0.25, 0.3) is 0 Å². The molecule has 1 amide bonds. The molecule has 1 atom stereocenters. The highest BCUT2D eigenvalue weighted by Crippen LogP contribution is 2.01. The molecule has 1 aliphatic heterocycles. The topological polar surface area (TPSA) is 35.6 Å². The first-order valence-corrected chi connectivity index (χ1v) is 5.72. The first-order valence-electron chi connectivity index (χ1n) is 5.72. The van der Waals surface area contributed by atoms with E-state index in [4.69, 9.17) is 0 Å². The lowest BCUT2D eigenvalue weighted by Gasteiger charge is -2.16. The maximum atomic E-state index is 9.89. The van der Waals surface area contributed by atoms with Crippen LogP contribution in [0.15, 0.2) is 0 Å². The maximum Gasteiger partial charge on any atom is 0.209 e. The largest absolute Gasteiger partial charge is 0.346 e. The van der Waals surface area contributed by atoms with Crippen LogP contribution in [0.2, 0.25) is 0 Å². The lowest BCUT2D eigenvalue weighted by atomic mass is 10.2. The van der Waals surface area contributed by atoms with Crippen LogP contribution in [0.1, 0.15) is 20.3 Å². The fraction of sp³-hybridized carbons (Fsp3) is 0.909. The Labute approximate surface area is 93.6 Å². The molecule has 1 heterocycles. The second kappa shape index (κ2) is 8.68. The molecular formula is C11H25N3O. The smallest absolute Gasteiger partial charge is 0.209 e. The van der Waals surface area contributed by atoms with Gasteiger partial charge in [0.25, 0.3) is 0 Å². The summed E-state index contributed by atoms with van der Waals surface area (Å²) in [7, 11) is 4.27. The number of carbonyl (C=O) groups excluding carboxylic acids is 1. The van der Waals surface area contributed by atoms with Crippen molar-refractivity contribution >= 4 is 6.41 Å². The highest BCUT2D eigenvalue weighted by molar-refractivity contribution is 5.46. The maximum absolute atomic E-state index is 9.89. The zero-order valence-corrected chi connectivity index (χ0v) is 10.5. The number of amides is 1. The van der Waals surface area contributed by atoms with Gasteiger partial charge in [-0.3, -0.25) is 4.79 Å². The second-order valence-corrected chi connectivity index (χ2v) is 3.94. The van der Waals surface area contributed by atoms with E-state index in [9.17, 15) is 4.79 Å². The van der Waals surface area contributed by atoms with Crippen LogP contribution < -0.4 is 5.32 Å². The van der Waals surface area contributed by atoms with Crippen molar-refractivity contribution in [3.63, 3.8) is 0 Å². The molecule has 90 valence electrons. The number of rotatable bonds is 4. The molecule has 1 rings (SSSR count). The lowest BCUT2D eigenvalue weighted by molar-refractivity contribution is -0.117. The van der Waals surface area contributed by atoms with Gasteiger partial charge in [-0.15, -0.1) is 0 Å². The van der Waals surface area contributed by atoms with Gasteiger partial charge >= 0.3 is 0 Å². The van der Waals surface area contributed by atoms with Crippen molar-refractivity contribution in [2.24, 2.45) is 0 Å². The van der Waals surface area contributed by atoms with Gasteiger partial charge < -0.3 is 15.1 Å². The summed E-state index contributed by atoms with van der Waals surface area (Å²) in [6.07, 6.45) is 2.17. The summed E-state index contributed by atoms with van der Waals surface area (Å²) in [5.41, 5.74) is 0. The quantitative estimate of drug-likeness (QED) is 0.689. The van der Waals surface area contributed by atoms with Crippen molar-refractivity contribution in [2.75, 3.05) is 40.3 Å². The molecule has 0 saturated carbocycles. The van der Waals surface area contributed by atoms with Crippen LogP contribution in [-0.2, 0) is 4.79 Å². The Bertz CT molecular complexity index is 152. The van der Waals surface area contributed by atoms with Crippen molar-refractivity contribution in [1.29, 1.82) is 0 Å². The van der Waals surface area contributed by atoms with E-state index >= 15 is 0 Å². The van der Waals surface area contributed by atoms with Gasteiger partial charge in [-0.05, 0) is 40.9 Å². The summed E-state index contributed by atoms with van der Waals surface area (Å²) in [5.74, 6) is 0. The third-order valence-electron chi connectivity index (χ3n) is 2.73. The number of likely N-dealkylation sites (N-methyl/N-ethyl adjacent to an activating group) is 1. The van der Waals surface area contributed by atoms with Gasteiger partial charge in [0.05, 0.1) is 0 Å². The van der Waals surface area contributed by atoms with Crippen LogP contribution in [0, 0.1) is 0 Å². The zero-order valence-electron chi connectivity index (χ0n) is 10.5. The van der Waals surface area contributed by atoms with E-state index in [1.807, 2.05) is 13.8 Å². The van der Waals surface area contributed by atoms with Crippen molar-refractivity contribution in [1.82, 2.24) is 15.1 Å². The molecule has 15 heavy (non-hydrogen) atoms. The summed E-state index contributed by atoms with van der Waals surface area (Å²) in [6, 6.07) is 0.787. The standard InChI is InChI=1S/C6H14N2.C5H11NO/c1-8(2)6-3-4-7-5-6;1-3-6(4-2)5-7/h6-7H,3-5H2,1-2H3;5H,3-4H2,1-2H3. The van der Waals surface area contributed by atoms with Gasteiger partial charge in [0.15, 0.2) is 0 Å². The molecule has 0 aromatic rings. The van der Waals surface area contributed by atoms with Gasteiger partial charge in [-0.25, -0.2) is 0 Å². The number of hydrogen-bond donors (Lipinski definition) is 1. The SMILES string of the molecule is CCN(C=O)CC.CN(C)C1CCNC1. The zero-order chi connectivity index (χ0) is 11.7. The minimum Gasteiger partial charge on any atom is -0.346 e. The van der Waals surface area contributed by atoms with Crippen LogP contribution >= 0.6 is 0 Å². The predicted octanol–water partition coefficient (Wildman–Crippen LogP) is 0.395. The van der Waals surface area contributed by atoms with E-state index in [-0.39, 0.29) is 0 Å². The van der Waals surface area contributed by atoms with Crippen molar-refractivity contribution in [3.05, 3.63) is 0 Å². The summed E-state index contributed by atoms with van der Waals surface area (Å²) in [5, 5.41) is 3.31. The third-order valence-corrected chi connectivity index (χ3v) is 2.73. The molecule has 1 aliphatic rings. The first-order chi connectivity index (χ1) is 7.15. The number of hydrogen-bond acceptors (Lipinski definition) is 3. The van der Waals surface area contributed by atoms with Crippen molar-refractivity contribution in [3.8, 4) is 0 Å². The van der Waals surface area contributed by atoms with Crippen LogP contribution in [0.5, 0.6) is 0 Å². The highest BCUT2D eigenvalue weighted by atomic mass is 16.1. The van der Waals surface area contributed by atoms with Crippen LogP contribution in [0.4, 0.5) is 0 Å². The summed E-state index contributed by atoms with van der Waals surface area (Å²) >= 11 is 0. The predicted molar refractivity (Wildman–Crippen MR) is 63.9 cm³/mol. The van der Waals surface area contributed by atoms with E-state index in [1.165, 1.54) is 19.5 Å². The lowest BCUT2D eigenvalue weighted by Crippen LogP contribution is -2.29. The molecule has 1 saturated heterocycles. The van der Waals surface area contributed by atoms with Gasteiger partial charge in [-0.2, -0.15) is 0 Å². The molecule has 4 heteroatoms. The minimum atomic E-state index is 0.787. The molecule has 0 aromatic heterocycles. The second-order valence-electron chi connectivity index (χ2n) is 3.94. The van der Waals surface area contributed by atoms with Gasteiger partial charge in [0, 0.05) is 25.7 Å². The molecule has 1 unspecified atom stereocenters. The Kier molecular flexibility index (Phi) is 8.33. The van der Waals surface area contributed by atoms with Gasteiger partial charge in [0.1, 0.15) is 0 Å². The monoisotopic (exact) mass is 215 g/mol. The molecular weight excluding hydrogens is 190 g/mol. The normalized spacial score (nSPS) is 19.7. The van der Waals surface area contributed by atoms with E-state index in [0.717, 1.165) is 25.5 Å². The molecule has 0 radical (unpaired) electrons. The molecule has 1 fully saturated rings. The van der Waals surface area contributed by atoms with E-state index < -0.39 is 0 Å². The number of carbonyl (C=O) groups is 1. The molecule has 0 aromatic carbocycles. The molecule has 4 nitrogen and oxygen atoms in total. The summed E-state index contributed by atoms with van der Waals surface area (Å²) < 4.78 is 0.